The molecule has 9 nitrogen and oxygen atoms in total. The molecule has 0 heterocycles. The summed E-state index contributed by atoms with van der Waals surface area (Å²) >= 11 is 0. The molecule has 0 aliphatic heterocycles. The van der Waals surface area contributed by atoms with Crippen molar-refractivity contribution in [2.24, 2.45) is 10.8 Å². The standard InChI is InChI=1S/C12H11N5O4/c13-5-9(11(14)15)17-16-7-2-1-6(3-10(18)19)8(4-7)12(20)21/h1-2,4,16H,3H2,(H3,14,15)(H,18,19)(H,20,21)/b17-9+. The maximum absolute atomic E-state index is 11.1. The number of nitrogens with one attached hydrogen (secondary N) is 2. The molecule has 0 aliphatic rings. The molecule has 9 heteroatoms. The monoisotopic (exact) mass is 289 g/mol. The van der Waals surface area contributed by atoms with Gasteiger partial charge >= 0.3 is 11.9 Å². The van der Waals surface area contributed by atoms with Crippen LogP contribution in [-0.4, -0.2) is 33.7 Å². The summed E-state index contributed by atoms with van der Waals surface area (Å²) in [7, 11) is 0. The molecule has 0 spiro atoms. The van der Waals surface area contributed by atoms with Gasteiger partial charge in [0.2, 0.25) is 5.71 Å². The Bertz CT molecular complexity index is 675. The Balaban J connectivity index is 3.09. The molecular weight excluding hydrogens is 278 g/mol. The summed E-state index contributed by atoms with van der Waals surface area (Å²) in [5.41, 5.74) is 7.28. The minimum absolute atomic E-state index is 0.136. The summed E-state index contributed by atoms with van der Waals surface area (Å²) < 4.78 is 0. The molecule has 0 bridgehead atoms. The molecule has 0 saturated heterocycles. The number of hydrogen-bond donors (Lipinski definition) is 5. The molecule has 0 fully saturated rings. The number of nitrogens with two attached hydrogens (primary N) is 1. The summed E-state index contributed by atoms with van der Waals surface area (Å²) in [5, 5.41) is 37.0. The Morgan fingerprint density at radius 3 is 2.57 bits per heavy atom. The molecule has 0 amide bonds. The number of hydrazone groups is 1. The van der Waals surface area contributed by atoms with Crippen molar-refractivity contribution in [3.8, 4) is 6.07 Å². The van der Waals surface area contributed by atoms with Gasteiger partial charge in [-0.1, -0.05) is 6.07 Å². The average molecular weight is 289 g/mol. The normalized spacial score (nSPS) is 10.5. The first-order valence-corrected chi connectivity index (χ1v) is 5.51. The number of carboxylic acid groups (broad SMARTS) is 2. The molecular formula is C12H11N5O4. The topological polar surface area (TPSA) is 173 Å². The van der Waals surface area contributed by atoms with E-state index in [1.807, 2.05) is 0 Å². The highest BCUT2D eigenvalue weighted by molar-refractivity contribution is 6.45. The lowest BCUT2D eigenvalue weighted by Gasteiger charge is -2.07. The van der Waals surface area contributed by atoms with Crippen LogP contribution >= 0.6 is 0 Å². The second kappa shape index (κ2) is 6.67. The van der Waals surface area contributed by atoms with E-state index in [2.05, 4.69) is 10.5 Å². The lowest BCUT2D eigenvalue weighted by atomic mass is 10.0. The second-order valence-corrected chi connectivity index (χ2v) is 3.85. The summed E-state index contributed by atoms with van der Waals surface area (Å²) in [6.07, 6.45) is -0.428. The number of carboxylic acids is 2. The Morgan fingerprint density at radius 1 is 1.43 bits per heavy atom. The first-order chi connectivity index (χ1) is 9.85. The van der Waals surface area contributed by atoms with Gasteiger partial charge in [-0.3, -0.25) is 15.6 Å². The van der Waals surface area contributed by atoms with Gasteiger partial charge in [-0.15, -0.1) is 0 Å². The van der Waals surface area contributed by atoms with Crippen LogP contribution in [0.2, 0.25) is 0 Å². The number of anilines is 1. The molecule has 0 atom stereocenters. The quantitative estimate of drug-likeness (QED) is 0.283. The van der Waals surface area contributed by atoms with Crippen molar-refractivity contribution in [3.63, 3.8) is 0 Å². The first kappa shape index (κ1) is 15.6. The molecule has 108 valence electrons. The number of carbonyl (C=O) groups is 2. The fourth-order valence-electron chi connectivity index (χ4n) is 1.43. The third-order valence-electron chi connectivity index (χ3n) is 2.34. The molecule has 0 radical (unpaired) electrons. The zero-order chi connectivity index (χ0) is 16.0. The molecule has 1 aromatic rings. The number of rotatable bonds is 6. The van der Waals surface area contributed by atoms with Gasteiger partial charge in [0.1, 0.15) is 6.07 Å². The van der Waals surface area contributed by atoms with Crippen molar-refractivity contribution in [2.45, 2.75) is 6.42 Å². The van der Waals surface area contributed by atoms with E-state index in [9.17, 15) is 9.59 Å². The lowest BCUT2D eigenvalue weighted by molar-refractivity contribution is -0.136. The maximum atomic E-state index is 11.1. The van der Waals surface area contributed by atoms with Crippen LogP contribution in [0, 0.1) is 16.7 Å². The fraction of sp³-hybridized carbons (Fsp3) is 0.0833. The summed E-state index contributed by atoms with van der Waals surface area (Å²) in [5.74, 6) is -2.98. The largest absolute Gasteiger partial charge is 0.481 e. The Labute approximate surface area is 118 Å². The number of aliphatic carboxylic acids is 1. The third-order valence-corrected chi connectivity index (χ3v) is 2.34. The maximum Gasteiger partial charge on any atom is 0.336 e. The van der Waals surface area contributed by atoms with Gasteiger partial charge in [0.05, 0.1) is 17.7 Å². The van der Waals surface area contributed by atoms with E-state index in [0.29, 0.717) is 0 Å². The third kappa shape index (κ3) is 4.32. The van der Waals surface area contributed by atoms with Gasteiger partial charge in [0.15, 0.2) is 5.84 Å². The van der Waals surface area contributed by atoms with Crippen molar-refractivity contribution in [1.82, 2.24) is 0 Å². The highest BCUT2D eigenvalue weighted by Crippen LogP contribution is 2.17. The highest BCUT2D eigenvalue weighted by atomic mass is 16.4. The van der Waals surface area contributed by atoms with Crippen molar-refractivity contribution in [3.05, 3.63) is 29.3 Å². The lowest BCUT2D eigenvalue weighted by Crippen LogP contribution is -2.21. The fourth-order valence-corrected chi connectivity index (χ4v) is 1.43. The molecule has 21 heavy (non-hydrogen) atoms. The van der Waals surface area contributed by atoms with Crippen LogP contribution in [0.1, 0.15) is 15.9 Å². The van der Waals surface area contributed by atoms with E-state index >= 15 is 0 Å². The molecule has 1 rings (SSSR count). The molecule has 1 aromatic carbocycles. The van der Waals surface area contributed by atoms with Gasteiger partial charge in [0.25, 0.3) is 0 Å². The zero-order valence-corrected chi connectivity index (χ0v) is 10.6. The van der Waals surface area contributed by atoms with Crippen LogP contribution in [-0.2, 0) is 11.2 Å². The van der Waals surface area contributed by atoms with Gasteiger partial charge in [-0.2, -0.15) is 10.4 Å². The van der Waals surface area contributed by atoms with E-state index in [0.717, 1.165) is 0 Å². The van der Waals surface area contributed by atoms with Crippen LogP contribution in [0.4, 0.5) is 5.69 Å². The van der Waals surface area contributed by atoms with Gasteiger partial charge < -0.3 is 15.9 Å². The zero-order valence-electron chi connectivity index (χ0n) is 10.6. The smallest absolute Gasteiger partial charge is 0.336 e. The van der Waals surface area contributed by atoms with Crippen LogP contribution < -0.4 is 11.2 Å². The first-order valence-electron chi connectivity index (χ1n) is 5.51. The molecule has 0 aliphatic carbocycles. The predicted octanol–water partition coefficient (Wildman–Crippen LogP) is 0.239. The van der Waals surface area contributed by atoms with E-state index in [4.69, 9.17) is 26.6 Å². The molecule has 6 N–H and O–H groups in total. The van der Waals surface area contributed by atoms with Crippen molar-refractivity contribution in [1.29, 1.82) is 10.7 Å². The number of aromatic carboxylic acids is 1. The predicted molar refractivity (Wildman–Crippen MR) is 73.3 cm³/mol. The van der Waals surface area contributed by atoms with Gasteiger partial charge in [-0.05, 0) is 17.7 Å². The number of nitriles is 1. The Morgan fingerprint density at radius 2 is 2.10 bits per heavy atom. The minimum atomic E-state index is -1.29. The second-order valence-electron chi connectivity index (χ2n) is 3.85. The van der Waals surface area contributed by atoms with Gasteiger partial charge in [-0.25, -0.2) is 4.79 Å². The van der Waals surface area contributed by atoms with Crippen LogP contribution in [0.25, 0.3) is 0 Å². The summed E-state index contributed by atoms with van der Waals surface area (Å²) in [6, 6.07) is 5.51. The number of hydrogen-bond acceptors (Lipinski definition) is 6. The van der Waals surface area contributed by atoms with E-state index in [1.54, 1.807) is 6.07 Å². The Kier molecular flexibility index (Phi) is 4.97. The highest BCUT2D eigenvalue weighted by Gasteiger charge is 2.13. The van der Waals surface area contributed by atoms with Crippen molar-refractivity contribution >= 4 is 29.2 Å². The van der Waals surface area contributed by atoms with Crippen LogP contribution in [0.15, 0.2) is 23.3 Å². The van der Waals surface area contributed by atoms with Gasteiger partial charge in [0, 0.05) is 0 Å². The summed E-state index contributed by atoms with van der Waals surface area (Å²) in [6.45, 7) is 0. The Hall–Kier alpha value is -3.41. The summed E-state index contributed by atoms with van der Waals surface area (Å²) in [4.78, 5) is 21.7. The SMILES string of the molecule is N#C/C(=N\Nc1ccc(CC(=O)O)c(C(=O)O)c1)C(=N)N. The molecule has 0 aromatic heterocycles. The van der Waals surface area contributed by atoms with Crippen molar-refractivity contribution in [2.75, 3.05) is 5.43 Å². The molecule has 0 saturated carbocycles. The minimum Gasteiger partial charge on any atom is -0.481 e. The van der Waals surface area contributed by atoms with Crippen LogP contribution in [0.5, 0.6) is 0 Å². The van der Waals surface area contributed by atoms with E-state index in [-0.39, 0.29) is 22.5 Å². The number of amidine groups is 1. The van der Waals surface area contributed by atoms with E-state index < -0.39 is 24.2 Å². The van der Waals surface area contributed by atoms with E-state index in [1.165, 1.54) is 18.2 Å². The molecule has 0 unspecified atom stereocenters. The number of nitrogens with zero attached hydrogens (tertiary/aromatic N) is 2. The van der Waals surface area contributed by atoms with Crippen molar-refractivity contribution < 1.29 is 19.8 Å². The number of benzene rings is 1. The van der Waals surface area contributed by atoms with Crippen LogP contribution in [0.3, 0.4) is 0 Å². The average Bonchev–Trinajstić information content (AvgIpc) is 2.39.